The van der Waals surface area contributed by atoms with E-state index in [-0.39, 0.29) is 23.8 Å². The molecular weight excluding hydrogens is 246 g/mol. The van der Waals surface area contributed by atoms with E-state index >= 15 is 0 Å². The summed E-state index contributed by atoms with van der Waals surface area (Å²) in [7, 11) is 3.35. The van der Waals surface area contributed by atoms with Crippen LogP contribution in [0.3, 0.4) is 0 Å². The molecule has 0 N–H and O–H groups in total. The van der Waals surface area contributed by atoms with Crippen LogP contribution >= 0.6 is 0 Å². The lowest BCUT2D eigenvalue weighted by Crippen LogP contribution is -2.52. The molecule has 2 heterocycles. The third-order valence-corrected chi connectivity index (χ3v) is 3.18. The minimum absolute atomic E-state index is 0.0163. The first-order valence-corrected chi connectivity index (χ1v) is 6.32. The number of carbonyl (C=O) groups excluding carboxylic acids is 2. The van der Waals surface area contributed by atoms with Gasteiger partial charge in [0.2, 0.25) is 5.91 Å². The zero-order valence-corrected chi connectivity index (χ0v) is 11.7. The van der Waals surface area contributed by atoms with Crippen LogP contribution in [0.25, 0.3) is 0 Å². The van der Waals surface area contributed by atoms with E-state index in [4.69, 9.17) is 0 Å². The van der Waals surface area contributed by atoms with E-state index in [2.05, 4.69) is 10.3 Å². The summed E-state index contributed by atoms with van der Waals surface area (Å²) in [6, 6.07) is 0.124. The third-order valence-electron chi connectivity index (χ3n) is 3.18. The number of aromatic nitrogens is 3. The molecule has 104 valence electrons. The summed E-state index contributed by atoms with van der Waals surface area (Å²) in [6.07, 6.45) is 1.64. The SMILES string of the molecule is CC(C)C(=O)N1CC(n2cc(C(=O)N(C)C)nn2)C1. The van der Waals surface area contributed by atoms with Crippen molar-refractivity contribution in [3.63, 3.8) is 0 Å². The second-order valence-electron chi connectivity index (χ2n) is 5.34. The van der Waals surface area contributed by atoms with E-state index in [0.717, 1.165) is 0 Å². The van der Waals surface area contributed by atoms with E-state index in [0.29, 0.717) is 18.8 Å². The molecule has 1 aromatic heterocycles. The number of hydrogen-bond donors (Lipinski definition) is 0. The molecule has 1 aromatic rings. The van der Waals surface area contributed by atoms with Crippen molar-refractivity contribution in [2.75, 3.05) is 27.2 Å². The molecular formula is C12H19N5O2. The smallest absolute Gasteiger partial charge is 0.275 e. The summed E-state index contributed by atoms with van der Waals surface area (Å²) >= 11 is 0. The minimum Gasteiger partial charge on any atom is -0.343 e. The van der Waals surface area contributed by atoms with Crippen LogP contribution < -0.4 is 0 Å². The summed E-state index contributed by atoms with van der Waals surface area (Å²) in [4.78, 5) is 26.7. The maximum absolute atomic E-state index is 11.7. The predicted molar refractivity (Wildman–Crippen MR) is 68.5 cm³/mol. The largest absolute Gasteiger partial charge is 0.343 e. The van der Waals surface area contributed by atoms with Crippen molar-refractivity contribution >= 4 is 11.8 Å². The van der Waals surface area contributed by atoms with Gasteiger partial charge in [0, 0.05) is 33.1 Å². The Morgan fingerprint density at radius 1 is 1.37 bits per heavy atom. The standard InChI is InChI=1S/C12H19N5O2/c1-8(2)11(18)16-5-9(6-16)17-7-10(13-14-17)12(19)15(3)4/h7-9H,5-6H2,1-4H3. The fourth-order valence-electron chi connectivity index (χ4n) is 1.95. The van der Waals surface area contributed by atoms with Gasteiger partial charge in [0.05, 0.1) is 12.2 Å². The molecule has 1 aliphatic heterocycles. The van der Waals surface area contributed by atoms with Gasteiger partial charge in [0.25, 0.3) is 5.91 Å². The van der Waals surface area contributed by atoms with Gasteiger partial charge in [-0.05, 0) is 0 Å². The van der Waals surface area contributed by atoms with Gasteiger partial charge in [-0.2, -0.15) is 0 Å². The number of nitrogens with zero attached hydrogens (tertiary/aromatic N) is 5. The zero-order chi connectivity index (χ0) is 14.2. The fourth-order valence-corrected chi connectivity index (χ4v) is 1.95. The van der Waals surface area contributed by atoms with Gasteiger partial charge in [0.1, 0.15) is 0 Å². The van der Waals surface area contributed by atoms with E-state index in [1.807, 2.05) is 13.8 Å². The second kappa shape index (κ2) is 4.99. The van der Waals surface area contributed by atoms with Crippen LogP contribution in [-0.4, -0.2) is 63.8 Å². The normalized spacial score (nSPS) is 15.5. The molecule has 2 amide bonds. The summed E-state index contributed by atoms with van der Waals surface area (Å²) in [6.45, 7) is 5.05. The molecule has 2 rings (SSSR count). The molecule has 1 saturated heterocycles. The average Bonchev–Trinajstić information content (AvgIpc) is 2.74. The summed E-state index contributed by atoms with van der Waals surface area (Å²) < 4.78 is 1.67. The van der Waals surface area contributed by atoms with Crippen LogP contribution in [0.5, 0.6) is 0 Å². The van der Waals surface area contributed by atoms with Crippen LogP contribution in [0.4, 0.5) is 0 Å². The van der Waals surface area contributed by atoms with Crippen LogP contribution in [0.15, 0.2) is 6.20 Å². The number of rotatable bonds is 3. The highest BCUT2D eigenvalue weighted by molar-refractivity contribution is 5.91. The molecule has 0 radical (unpaired) electrons. The summed E-state index contributed by atoms with van der Waals surface area (Å²) in [5.74, 6) is 0.00391. The Bertz CT molecular complexity index is 488. The predicted octanol–water partition coefficient (Wildman–Crippen LogP) is 0.0192. The van der Waals surface area contributed by atoms with Crippen LogP contribution in [0, 0.1) is 5.92 Å². The van der Waals surface area contributed by atoms with Gasteiger partial charge < -0.3 is 9.80 Å². The lowest BCUT2D eigenvalue weighted by Gasteiger charge is -2.39. The maximum atomic E-state index is 11.7. The van der Waals surface area contributed by atoms with Gasteiger partial charge >= 0.3 is 0 Å². The topological polar surface area (TPSA) is 71.3 Å². The van der Waals surface area contributed by atoms with Crippen molar-refractivity contribution in [1.29, 1.82) is 0 Å². The molecule has 0 unspecified atom stereocenters. The first-order valence-electron chi connectivity index (χ1n) is 6.32. The van der Waals surface area contributed by atoms with Crippen molar-refractivity contribution in [3.8, 4) is 0 Å². The van der Waals surface area contributed by atoms with Crippen LogP contribution in [0.2, 0.25) is 0 Å². The Hall–Kier alpha value is -1.92. The summed E-state index contributed by atoms with van der Waals surface area (Å²) in [5.41, 5.74) is 0.332. The number of likely N-dealkylation sites (tertiary alicyclic amines) is 1. The molecule has 0 saturated carbocycles. The highest BCUT2D eigenvalue weighted by Gasteiger charge is 2.33. The average molecular weight is 265 g/mol. The van der Waals surface area contributed by atoms with Crippen molar-refractivity contribution in [2.45, 2.75) is 19.9 Å². The Morgan fingerprint density at radius 2 is 2.00 bits per heavy atom. The number of carbonyl (C=O) groups is 2. The van der Waals surface area contributed by atoms with Crippen LogP contribution in [-0.2, 0) is 4.79 Å². The Balaban J connectivity index is 1.96. The van der Waals surface area contributed by atoms with Crippen molar-refractivity contribution in [2.24, 2.45) is 5.92 Å². The Kier molecular flexibility index (Phi) is 3.55. The lowest BCUT2D eigenvalue weighted by atomic mass is 10.1. The van der Waals surface area contributed by atoms with Gasteiger partial charge in [0.15, 0.2) is 5.69 Å². The minimum atomic E-state index is -0.166. The highest BCUT2D eigenvalue weighted by atomic mass is 16.2. The van der Waals surface area contributed by atoms with E-state index < -0.39 is 0 Å². The molecule has 1 fully saturated rings. The first-order chi connectivity index (χ1) is 8.90. The third kappa shape index (κ3) is 2.59. The van der Waals surface area contributed by atoms with Crippen molar-refractivity contribution in [1.82, 2.24) is 24.8 Å². The molecule has 19 heavy (non-hydrogen) atoms. The molecule has 7 nitrogen and oxygen atoms in total. The number of hydrogen-bond acceptors (Lipinski definition) is 4. The van der Waals surface area contributed by atoms with Gasteiger partial charge in [-0.15, -0.1) is 5.10 Å². The van der Waals surface area contributed by atoms with Crippen molar-refractivity contribution < 1.29 is 9.59 Å². The second-order valence-corrected chi connectivity index (χ2v) is 5.34. The van der Waals surface area contributed by atoms with E-state index in [9.17, 15) is 9.59 Å². The van der Waals surface area contributed by atoms with Crippen molar-refractivity contribution in [3.05, 3.63) is 11.9 Å². The summed E-state index contributed by atoms with van der Waals surface area (Å²) in [5, 5.41) is 7.83. The van der Waals surface area contributed by atoms with E-state index in [1.165, 1.54) is 4.90 Å². The molecule has 1 aliphatic rings. The quantitative estimate of drug-likeness (QED) is 0.772. The molecule has 0 aromatic carbocycles. The molecule has 0 atom stereocenters. The molecule has 7 heteroatoms. The molecule has 0 spiro atoms. The fraction of sp³-hybridized carbons (Fsp3) is 0.667. The van der Waals surface area contributed by atoms with Gasteiger partial charge in [-0.1, -0.05) is 19.1 Å². The Labute approximate surface area is 112 Å². The monoisotopic (exact) mass is 265 g/mol. The van der Waals surface area contributed by atoms with Crippen LogP contribution in [0.1, 0.15) is 30.4 Å². The maximum Gasteiger partial charge on any atom is 0.275 e. The first kappa shape index (κ1) is 13.5. The van der Waals surface area contributed by atoms with E-state index in [1.54, 1.807) is 29.9 Å². The molecule has 0 aliphatic carbocycles. The highest BCUT2D eigenvalue weighted by Crippen LogP contribution is 2.22. The Morgan fingerprint density at radius 3 is 2.53 bits per heavy atom. The zero-order valence-electron chi connectivity index (χ0n) is 11.7. The van der Waals surface area contributed by atoms with Gasteiger partial charge in [-0.25, -0.2) is 4.68 Å². The number of amides is 2. The lowest BCUT2D eigenvalue weighted by molar-refractivity contribution is -0.140. The molecule has 0 bridgehead atoms. The van der Waals surface area contributed by atoms with Gasteiger partial charge in [-0.3, -0.25) is 9.59 Å².